The minimum absolute atomic E-state index is 0.166. The molecule has 2 N–H and O–H groups in total. The summed E-state index contributed by atoms with van der Waals surface area (Å²) in [5.41, 5.74) is 1.97. The van der Waals surface area contributed by atoms with Gasteiger partial charge in [-0.25, -0.2) is 9.97 Å². The Balaban J connectivity index is 1.57. The average Bonchev–Trinajstić information content (AvgIpc) is 2.72. The molecule has 0 unspecified atom stereocenters. The normalized spacial score (nSPS) is 10.6. The van der Waals surface area contributed by atoms with Crippen molar-refractivity contribution in [2.75, 3.05) is 23.7 Å². The van der Waals surface area contributed by atoms with Gasteiger partial charge in [-0.3, -0.25) is 19.1 Å². The molecular formula is C20H21ClN6O2. The summed E-state index contributed by atoms with van der Waals surface area (Å²) in [5.74, 6) is 1.29. The van der Waals surface area contributed by atoms with Gasteiger partial charge < -0.3 is 10.6 Å². The third kappa shape index (κ3) is 5.61. The van der Waals surface area contributed by atoms with E-state index < -0.39 is 0 Å². The van der Waals surface area contributed by atoms with Gasteiger partial charge >= 0.3 is 0 Å². The molecule has 3 rings (SSSR count). The SMILES string of the molecule is Cc1cc(Cl)cnc1NCCCNc1nccc(=O)n1Cc1ccc(C=O)nc1. The van der Waals surface area contributed by atoms with Gasteiger partial charge in [0.15, 0.2) is 6.29 Å². The molecule has 0 spiro atoms. The average molecular weight is 413 g/mol. The molecule has 9 heteroatoms. The maximum atomic E-state index is 12.3. The second-order valence-corrected chi connectivity index (χ2v) is 6.86. The molecule has 0 bridgehead atoms. The van der Waals surface area contributed by atoms with Crippen LogP contribution in [0.5, 0.6) is 0 Å². The lowest BCUT2D eigenvalue weighted by atomic mass is 10.2. The van der Waals surface area contributed by atoms with Crippen molar-refractivity contribution in [1.29, 1.82) is 0 Å². The van der Waals surface area contributed by atoms with Crippen molar-refractivity contribution in [3.8, 4) is 0 Å². The van der Waals surface area contributed by atoms with Crippen LogP contribution in [0.4, 0.5) is 11.8 Å². The molecule has 29 heavy (non-hydrogen) atoms. The van der Waals surface area contributed by atoms with E-state index in [0.717, 1.165) is 23.4 Å². The second-order valence-electron chi connectivity index (χ2n) is 6.43. The summed E-state index contributed by atoms with van der Waals surface area (Å²) in [6.45, 7) is 3.59. The van der Waals surface area contributed by atoms with Crippen molar-refractivity contribution >= 4 is 29.7 Å². The summed E-state index contributed by atoms with van der Waals surface area (Å²) in [4.78, 5) is 35.6. The van der Waals surface area contributed by atoms with Crippen LogP contribution in [-0.4, -0.2) is 38.9 Å². The molecule has 3 heterocycles. The van der Waals surface area contributed by atoms with E-state index in [1.807, 2.05) is 13.0 Å². The first kappa shape index (κ1) is 20.5. The molecule has 150 valence electrons. The fourth-order valence-electron chi connectivity index (χ4n) is 2.73. The number of anilines is 2. The zero-order valence-electron chi connectivity index (χ0n) is 15.9. The molecule has 3 aromatic rings. The summed E-state index contributed by atoms with van der Waals surface area (Å²) >= 11 is 5.91. The van der Waals surface area contributed by atoms with Gasteiger partial charge in [-0.05, 0) is 36.6 Å². The number of nitrogens with one attached hydrogen (secondary N) is 2. The first-order valence-corrected chi connectivity index (χ1v) is 9.50. The van der Waals surface area contributed by atoms with E-state index >= 15 is 0 Å². The van der Waals surface area contributed by atoms with Crippen molar-refractivity contribution in [2.45, 2.75) is 19.9 Å². The van der Waals surface area contributed by atoms with Crippen molar-refractivity contribution in [3.05, 3.63) is 75.1 Å². The van der Waals surface area contributed by atoms with E-state index in [-0.39, 0.29) is 5.56 Å². The summed E-state index contributed by atoms with van der Waals surface area (Å²) < 4.78 is 1.54. The third-order valence-electron chi connectivity index (χ3n) is 4.22. The minimum atomic E-state index is -0.166. The van der Waals surface area contributed by atoms with Gasteiger partial charge in [-0.1, -0.05) is 17.7 Å². The Hall–Kier alpha value is -3.26. The summed E-state index contributed by atoms with van der Waals surface area (Å²) in [5, 5.41) is 7.08. The molecule has 0 fully saturated rings. The number of aryl methyl sites for hydroxylation is 1. The number of nitrogens with zero attached hydrogens (tertiary/aromatic N) is 4. The van der Waals surface area contributed by atoms with E-state index in [9.17, 15) is 9.59 Å². The van der Waals surface area contributed by atoms with Crippen molar-refractivity contribution in [3.63, 3.8) is 0 Å². The van der Waals surface area contributed by atoms with Gasteiger partial charge in [-0.15, -0.1) is 0 Å². The van der Waals surface area contributed by atoms with E-state index in [0.29, 0.717) is 42.6 Å². The molecule has 8 nitrogen and oxygen atoms in total. The van der Waals surface area contributed by atoms with E-state index in [1.54, 1.807) is 24.5 Å². The van der Waals surface area contributed by atoms with E-state index in [4.69, 9.17) is 11.6 Å². The van der Waals surface area contributed by atoms with Crippen LogP contribution in [-0.2, 0) is 6.54 Å². The highest BCUT2D eigenvalue weighted by Gasteiger charge is 2.07. The van der Waals surface area contributed by atoms with Crippen molar-refractivity contribution < 1.29 is 4.79 Å². The highest BCUT2D eigenvalue weighted by atomic mass is 35.5. The van der Waals surface area contributed by atoms with Crippen LogP contribution in [0.1, 0.15) is 28.0 Å². The van der Waals surface area contributed by atoms with Gasteiger partial charge in [0.1, 0.15) is 11.5 Å². The molecule has 0 aliphatic rings. The Morgan fingerprint density at radius 3 is 2.66 bits per heavy atom. The molecule has 0 atom stereocenters. The predicted molar refractivity (Wildman–Crippen MR) is 113 cm³/mol. The fraction of sp³-hybridized carbons (Fsp3) is 0.250. The standard InChI is InChI=1S/C20H21ClN6O2/c1-14-9-16(21)11-26-19(14)22-6-2-7-23-20-24-8-5-18(29)27(20)12-15-3-4-17(13-28)25-10-15/h3-5,8-11,13H,2,6-7,12H2,1H3,(H,22,26)(H,23,24). The lowest BCUT2D eigenvalue weighted by Crippen LogP contribution is -2.25. The summed E-state index contributed by atoms with van der Waals surface area (Å²) in [6.07, 6.45) is 6.15. The van der Waals surface area contributed by atoms with Crippen LogP contribution in [0.15, 0.2) is 47.7 Å². The van der Waals surface area contributed by atoms with Crippen LogP contribution in [0.2, 0.25) is 5.02 Å². The van der Waals surface area contributed by atoms with Crippen molar-refractivity contribution in [2.24, 2.45) is 0 Å². The molecule has 0 saturated carbocycles. The van der Waals surface area contributed by atoms with Crippen LogP contribution in [0.3, 0.4) is 0 Å². The number of halogens is 1. The zero-order chi connectivity index (χ0) is 20.6. The van der Waals surface area contributed by atoms with Crippen LogP contribution < -0.4 is 16.2 Å². The number of rotatable bonds is 9. The van der Waals surface area contributed by atoms with Crippen LogP contribution in [0.25, 0.3) is 0 Å². The number of aromatic nitrogens is 4. The Morgan fingerprint density at radius 2 is 1.93 bits per heavy atom. The van der Waals surface area contributed by atoms with Crippen LogP contribution >= 0.6 is 11.6 Å². The number of carbonyl (C=O) groups excluding carboxylic acids is 1. The first-order chi connectivity index (χ1) is 14.1. The monoisotopic (exact) mass is 412 g/mol. The predicted octanol–water partition coefficient (Wildman–Crippen LogP) is 2.77. The summed E-state index contributed by atoms with van der Waals surface area (Å²) in [7, 11) is 0. The van der Waals surface area contributed by atoms with Gasteiger partial charge in [0.25, 0.3) is 5.56 Å². The molecule has 3 aromatic heterocycles. The number of aldehydes is 1. The van der Waals surface area contributed by atoms with Gasteiger partial charge in [0.2, 0.25) is 5.95 Å². The molecule has 0 amide bonds. The second kappa shape index (κ2) is 9.79. The maximum Gasteiger partial charge on any atom is 0.255 e. The highest BCUT2D eigenvalue weighted by molar-refractivity contribution is 6.30. The Bertz CT molecular complexity index is 1040. The van der Waals surface area contributed by atoms with E-state index in [2.05, 4.69) is 25.6 Å². The highest BCUT2D eigenvalue weighted by Crippen LogP contribution is 2.16. The lowest BCUT2D eigenvalue weighted by molar-refractivity contribution is 0.111. The number of hydrogen-bond donors (Lipinski definition) is 2. The minimum Gasteiger partial charge on any atom is -0.370 e. The quantitative estimate of drug-likeness (QED) is 0.411. The topological polar surface area (TPSA) is 102 Å². The van der Waals surface area contributed by atoms with Gasteiger partial charge in [0, 0.05) is 37.7 Å². The maximum absolute atomic E-state index is 12.3. The van der Waals surface area contributed by atoms with Gasteiger partial charge in [0.05, 0.1) is 11.6 Å². The van der Waals surface area contributed by atoms with Crippen LogP contribution in [0, 0.1) is 6.92 Å². The molecule has 0 saturated heterocycles. The number of pyridine rings is 2. The van der Waals surface area contributed by atoms with E-state index in [1.165, 1.54) is 16.8 Å². The lowest BCUT2D eigenvalue weighted by Gasteiger charge is -2.13. The molecular weight excluding hydrogens is 392 g/mol. The largest absolute Gasteiger partial charge is 0.370 e. The Kier molecular flexibility index (Phi) is 6.91. The molecule has 0 radical (unpaired) electrons. The number of carbonyl (C=O) groups is 1. The molecule has 0 aromatic carbocycles. The Labute approximate surface area is 173 Å². The fourth-order valence-corrected chi connectivity index (χ4v) is 2.94. The van der Waals surface area contributed by atoms with Crippen molar-refractivity contribution in [1.82, 2.24) is 19.5 Å². The first-order valence-electron chi connectivity index (χ1n) is 9.12. The zero-order valence-corrected chi connectivity index (χ0v) is 16.7. The molecule has 0 aliphatic heterocycles. The third-order valence-corrected chi connectivity index (χ3v) is 4.43. The number of hydrogen-bond acceptors (Lipinski definition) is 7. The molecule has 0 aliphatic carbocycles. The Morgan fingerprint density at radius 1 is 1.10 bits per heavy atom. The van der Waals surface area contributed by atoms with Gasteiger partial charge in [-0.2, -0.15) is 0 Å². The summed E-state index contributed by atoms with van der Waals surface area (Å²) in [6, 6.07) is 6.66. The smallest absolute Gasteiger partial charge is 0.255 e.